The summed E-state index contributed by atoms with van der Waals surface area (Å²) in [6, 6.07) is 7.37. The third-order valence-corrected chi connectivity index (χ3v) is 4.22. The van der Waals surface area contributed by atoms with Crippen molar-refractivity contribution in [3.63, 3.8) is 0 Å². The third kappa shape index (κ3) is 2.75. The summed E-state index contributed by atoms with van der Waals surface area (Å²) in [6.07, 6.45) is 1.71. The van der Waals surface area contributed by atoms with Crippen LogP contribution in [-0.2, 0) is 0 Å². The zero-order valence-electron chi connectivity index (χ0n) is 12.1. The van der Waals surface area contributed by atoms with Gasteiger partial charge in [0.2, 0.25) is 5.95 Å². The maximum absolute atomic E-state index is 11.4. The molecule has 1 atom stereocenters. The number of fused-ring (bicyclic) bond motifs is 1. The molecule has 112 valence electrons. The van der Waals surface area contributed by atoms with Gasteiger partial charge in [0, 0.05) is 11.1 Å². The van der Waals surface area contributed by atoms with Crippen molar-refractivity contribution in [2.45, 2.75) is 19.9 Å². The first-order valence-electron chi connectivity index (χ1n) is 6.73. The topological polar surface area (TPSA) is 88.0 Å². The van der Waals surface area contributed by atoms with Crippen molar-refractivity contribution < 1.29 is 9.90 Å². The molecule has 0 fully saturated rings. The Bertz CT molecular complexity index is 832. The summed E-state index contributed by atoms with van der Waals surface area (Å²) in [6.45, 7) is 3.84. The molecule has 0 spiro atoms. The summed E-state index contributed by atoms with van der Waals surface area (Å²) in [5.74, 6) is -0.761. The van der Waals surface area contributed by atoms with Gasteiger partial charge in [-0.2, -0.15) is 0 Å². The zero-order valence-corrected chi connectivity index (χ0v) is 12.9. The van der Waals surface area contributed by atoms with E-state index >= 15 is 0 Å². The van der Waals surface area contributed by atoms with Gasteiger partial charge in [0.1, 0.15) is 0 Å². The second kappa shape index (κ2) is 5.69. The molecule has 0 aromatic carbocycles. The number of carbonyl (C=O) groups is 1. The van der Waals surface area contributed by atoms with E-state index in [1.54, 1.807) is 6.20 Å². The number of nitrogens with zero attached hydrogens (tertiary/aromatic N) is 3. The zero-order chi connectivity index (χ0) is 15.7. The van der Waals surface area contributed by atoms with E-state index in [4.69, 9.17) is 0 Å². The highest BCUT2D eigenvalue weighted by Crippen LogP contribution is 2.28. The van der Waals surface area contributed by atoms with E-state index in [0.29, 0.717) is 16.2 Å². The quantitative estimate of drug-likeness (QED) is 0.768. The van der Waals surface area contributed by atoms with Crippen molar-refractivity contribution in [3.05, 3.63) is 46.7 Å². The van der Waals surface area contributed by atoms with E-state index in [1.807, 2.05) is 38.1 Å². The molecule has 7 heteroatoms. The molecule has 0 aliphatic carbocycles. The number of hydrogen-bond acceptors (Lipinski definition) is 6. The minimum atomic E-state index is -1.05. The Morgan fingerprint density at radius 3 is 2.86 bits per heavy atom. The molecule has 3 rings (SSSR count). The van der Waals surface area contributed by atoms with E-state index in [1.165, 1.54) is 11.3 Å². The lowest BCUT2D eigenvalue weighted by atomic mass is 10.2. The number of carboxylic acid groups (broad SMARTS) is 1. The molecular formula is C15H14N4O2S. The first kappa shape index (κ1) is 14.4. The first-order chi connectivity index (χ1) is 10.5. The molecule has 0 unspecified atom stereocenters. The van der Waals surface area contributed by atoms with E-state index in [9.17, 15) is 9.90 Å². The van der Waals surface area contributed by atoms with E-state index in [-0.39, 0.29) is 11.7 Å². The summed E-state index contributed by atoms with van der Waals surface area (Å²) in [5.41, 5.74) is 1.51. The van der Waals surface area contributed by atoms with Crippen LogP contribution < -0.4 is 5.32 Å². The lowest BCUT2D eigenvalue weighted by Gasteiger charge is -2.13. The van der Waals surface area contributed by atoms with Crippen LogP contribution in [0.15, 0.2) is 30.5 Å². The summed E-state index contributed by atoms with van der Waals surface area (Å²) < 4.78 is 0.598. The predicted octanol–water partition coefficient (Wildman–Crippen LogP) is 3.27. The standard InChI is InChI=1S/C15H14N4O2S/c1-8-7-11-13(22-8)12(14(20)21)19-15(18-11)17-9(2)10-5-3-4-6-16-10/h3-7,9H,1-2H3,(H,20,21)(H,17,18,19)/t9-/m0/s1. The monoisotopic (exact) mass is 314 g/mol. The molecule has 3 heterocycles. The van der Waals surface area contributed by atoms with Gasteiger partial charge in [-0.3, -0.25) is 4.98 Å². The molecule has 6 nitrogen and oxygen atoms in total. The maximum Gasteiger partial charge on any atom is 0.356 e. The SMILES string of the molecule is Cc1cc2nc(N[C@@H](C)c3ccccn3)nc(C(=O)O)c2s1. The molecule has 0 aliphatic heterocycles. The van der Waals surface area contributed by atoms with Crippen LogP contribution in [0.3, 0.4) is 0 Å². The number of carboxylic acids is 1. The fourth-order valence-electron chi connectivity index (χ4n) is 2.16. The van der Waals surface area contributed by atoms with Gasteiger partial charge in [0.15, 0.2) is 5.69 Å². The van der Waals surface area contributed by atoms with E-state index < -0.39 is 5.97 Å². The van der Waals surface area contributed by atoms with E-state index in [2.05, 4.69) is 20.3 Å². The van der Waals surface area contributed by atoms with Gasteiger partial charge in [0.05, 0.1) is 22.0 Å². The van der Waals surface area contributed by atoms with Gasteiger partial charge in [-0.25, -0.2) is 14.8 Å². The number of rotatable bonds is 4. The Kier molecular flexibility index (Phi) is 3.72. The summed E-state index contributed by atoms with van der Waals surface area (Å²) in [4.78, 5) is 25.2. The molecule has 3 aromatic rings. The van der Waals surface area contributed by atoms with Gasteiger partial charge in [0.25, 0.3) is 0 Å². The highest BCUT2D eigenvalue weighted by molar-refractivity contribution is 7.19. The largest absolute Gasteiger partial charge is 0.476 e. The molecule has 0 saturated heterocycles. The normalized spacial score (nSPS) is 12.3. The highest BCUT2D eigenvalue weighted by atomic mass is 32.1. The van der Waals surface area contributed by atoms with Crippen LogP contribution in [-0.4, -0.2) is 26.0 Å². The second-order valence-corrected chi connectivity index (χ2v) is 6.15. The van der Waals surface area contributed by atoms with Crippen LogP contribution in [0.25, 0.3) is 10.2 Å². The molecule has 0 radical (unpaired) electrons. The highest BCUT2D eigenvalue weighted by Gasteiger charge is 2.17. The first-order valence-corrected chi connectivity index (χ1v) is 7.55. The number of aromatic nitrogens is 3. The van der Waals surface area contributed by atoms with Crippen LogP contribution in [0.1, 0.15) is 34.0 Å². The number of aromatic carboxylic acids is 1. The second-order valence-electron chi connectivity index (χ2n) is 4.89. The van der Waals surface area contributed by atoms with Crippen molar-refractivity contribution in [2.24, 2.45) is 0 Å². The molecule has 3 aromatic heterocycles. The molecule has 0 aliphatic rings. The minimum Gasteiger partial charge on any atom is -0.476 e. The molecule has 0 amide bonds. The Morgan fingerprint density at radius 1 is 1.36 bits per heavy atom. The van der Waals surface area contributed by atoms with Crippen LogP contribution in [0, 0.1) is 6.92 Å². The summed E-state index contributed by atoms with van der Waals surface area (Å²) >= 11 is 1.39. The molecule has 0 saturated carbocycles. The predicted molar refractivity (Wildman–Crippen MR) is 85.4 cm³/mol. The average Bonchev–Trinajstić information content (AvgIpc) is 2.87. The Labute approximate surface area is 130 Å². The lowest BCUT2D eigenvalue weighted by molar-refractivity contribution is 0.0693. The molecule has 0 bridgehead atoms. The fraction of sp³-hybridized carbons (Fsp3) is 0.200. The number of hydrogen-bond donors (Lipinski definition) is 2. The average molecular weight is 314 g/mol. The van der Waals surface area contributed by atoms with Crippen molar-refractivity contribution in [2.75, 3.05) is 5.32 Å². The smallest absolute Gasteiger partial charge is 0.356 e. The third-order valence-electron chi connectivity index (χ3n) is 3.17. The van der Waals surface area contributed by atoms with Gasteiger partial charge < -0.3 is 10.4 Å². The number of thiophene rings is 1. The van der Waals surface area contributed by atoms with Crippen LogP contribution in [0.5, 0.6) is 0 Å². The molecular weight excluding hydrogens is 300 g/mol. The van der Waals surface area contributed by atoms with Crippen molar-refractivity contribution in [1.82, 2.24) is 15.0 Å². The van der Waals surface area contributed by atoms with Crippen molar-refractivity contribution in [1.29, 1.82) is 0 Å². The summed E-state index contributed by atoms with van der Waals surface area (Å²) in [5, 5.41) is 12.5. The van der Waals surface area contributed by atoms with Gasteiger partial charge in [-0.15, -0.1) is 11.3 Å². The molecule has 22 heavy (non-hydrogen) atoms. The van der Waals surface area contributed by atoms with E-state index in [0.717, 1.165) is 10.6 Å². The van der Waals surface area contributed by atoms with Gasteiger partial charge >= 0.3 is 5.97 Å². The number of nitrogens with one attached hydrogen (secondary N) is 1. The number of pyridine rings is 1. The summed E-state index contributed by atoms with van der Waals surface area (Å²) in [7, 11) is 0. The van der Waals surface area contributed by atoms with Crippen LogP contribution in [0.2, 0.25) is 0 Å². The Balaban J connectivity index is 1.99. The lowest BCUT2D eigenvalue weighted by Crippen LogP contribution is -2.12. The molecule has 2 N–H and O–H groups in total. The van der Waals surface area contributed by atoms with Gasteiger partial charge in [-0.05, 0) is 32.0 Å². The van der Waals surface area contributed by atoms with Crippen LogP contribution >= 0.6 is 11.3 Å². The fourth-order valence-corrected chi connectivity index (χ4v) is 3.09. The Hall–Kier alpha value is -2.54. The minimum absolute atomic E-state index is 0.0267. The van der Waals surface area contributed by atoms with Crippen molar-refractivity contribution in [3.8, 4) is 0 Å². The number of anilines is 1. The Morgan fingerprint density at radius 2 is 2.18 bits per heavy atom. The van der Waals surface area contributed by atoms with Gasteiger partial charge in [-0.1, -0.05) is 6.07 Å². The number of aryl methyl sites for hydroxylation is 1. The van der Waals surface area contributed by atoms with Crippen LogP contribution in [0.4, 0.5) is 5.95 Å². The van der Waals surface area contributed by atoms with Crippen molar-refractivity contribution >= 4 is 33.5 Å². The maximum atomic E-state index is 11.4.